The second-order valence-electron chi connectivity index (χ2n) is 9.82. The van der Waals surface area contributed by atoms with Crippen molar-refractivity contribution < 1.29 is 9.47 Å². The predicted molar refractivity (Wildman–Crippen MR) is 125 cm³/mol. The molecule has 2 aromatic rings. The Bertz CT molecular complexity index is 832. The molecule has 0 fully saturated rings. The first-order valence-electron chi connectivity index (χ1n) is 10.2. The van der Waals surface area contributed by atoms with Crippen LogP contribution < -0.4 is 20.1 Å². The monoisotopic (exact) mass is 414 g/mol. The average Bonchev–Trinajstić information content (AvgIpc) is 3.08. The summed E-state index contributed by atoms with van der Waals surface area (Å²) in [5, 5.41) is 3.28. The van der Waals surface area contributed by atoms with E-state index in [1.807, 2.05) is 0 Å². The number of rotatable bonds is 1. The van der Waals surface area contributed by atoms with Gasteiger partial charge in [0.2, 0.25) is 0 Å². The van der Waals surface area contributed by atoms with Crippen molar-refractivity contribution in [2.45, 2.75) is 77.4 Å². The molecule has 0 aliphatic carbocycles. The standard InChI is InChI=1S/C24H32O2P2/c1-15-25-19-13-9-11-17(21(19)27(15)23(3,4)5)18-12-10-14-20-22(18)28(16(2)26-20)24(6,7)8/h9-16H,1-8H3/t15-,16-,27?,28?/m0/s1. The summed E-state index contributed by atoms with van der Waals surface area (Å²) < 4.78 is 12.7. The second-order valence-corrected chi connectivity index (χ2v) is 16.3. The zero-order chi connectivity index (χ0) is 20.4. The van der Waals surface area contributed by atoms with E-state index in [0.717, 1.165) is 11.5 Å². The van der Waals surface area contributed by atoms with Crippen LogP contribution in [0.2, 0.25) is 0 Å². The smallest absolute Gasteiger partial charge is 0.128 e. The van der Waals surface area contributed by atoms with E-state index in [1.54, 1.807) is 0 Å². The first kappa shape index (κ1) is 20.2. The van der Waals surface area contributed by atoms with Crippen LogP contribution in [0, 0.1) is 0 Å². The molecule has 2 aliphatic heterocycles. The Morgan fingerprint density at radius 3 is 1.32 bits per heavy atom. The van der Waals surface area contributed by atoms with E-state index in [2.05, 4.69) is 91.8 Å². The Labute approximate surface area is 172 Å². The molecule has 2 unspecified atom stereocenters. The first-order valence-corrected chi connectivity index (χ1v) is 13.0. The van der Waals surface area contributed by atoms with E-state index in [-0.39, 0.29) is 22.0 Å². The van der Waals surface area contributed by atoms with Crippen LogP contribution in [0.5, 0.6) is 11.5 Å². The van der Waals surface area contributed by atoms with Gasteiger partial charge in [0.1, 0.15) is 23.2 Å². The van der Waals surface area contributed by atoms with Crippen molar-refractivity contribution in [3.63, 3.8) is 0 Å². The van der Waals surface area contributed by atoms with Crippen molar-refractivity contribution in [3.05, 3.63) is 36.4 Å². The Hall–Kier alpha value is -1.10. The maximum Gasteiger partial charge on any atom is 0.128 e. The van der Waals surface area contributed by atoms with Gasteiger partial charge in [-0.25, -0.2) is 0 Å². The van der Waals surface area contributed by atoms with E-state index in [0.29, 0.717) is 0 Å². The Morgan fingerprint density at radius 1 is 0.643 bits per heavy atom. The zero-order valence-corrected chi connectivity index (χ0v) is 20.1. The third-order valence-corrected chi connectivity index (χ3v) is 12.0. The highest BCUT2D eigenvalue weighted by Crippen LogP contribution is 2.62. The summed E-state index contributed by atoms with van der Waals surface area (Å²) in [4.78, 5) is 0. The molecule has 2 nitrogen and oxygen atoms in total. The quantitative estimate of drug-likeness (QED) is 0.487. The molecular formula is C24H32O2P2. The van der Waals surface area contributed by atoms with Crippen molar-refractivity contribution in [3.8, 4) is 22.6 Å². The van der Waals surface area contributed by atoms with Crippen LogP contribution in [0.15, 0.2) is 36.4 Å². The van der Waals surface area contributed by atoms with Crippen LogP contribution in [0.25, 0.3) is 11.1 Å². The lowest BCUT2D eigenvalue weighted by Gasteiger charge is -2.33. The van der Waals surface area contributed by atoms with Crippen LogP contribution in [0.3, 0.4) is 0 Å². The fraction of sp³-hybridized carbons (Fsp3) is 0.500. The molecule has 0 spiro atoms. The Kier molecular flexibility index (Phi) is 4.84. The van der Waals surface area contributed by atoms with Gasteiger partial charge in [0.15, 0.2) is 0 Å². The van der Waals surface area contributed by atoms with Crippen molar-refractivity contribution in [1.29, 1.82) is 0 Å². The Morgan fingerprint density at radius 2 is 1.00 bits per heavy atom. The normalized spacial score (nSPS) is 26.4. The summed E-state index contributed by atoms with van der Waals surface area (Å²) in [5.74, 6) is 2.66. The first-order chi connectivity index (χ1) is 13.0. The van der Waals surface area contributed by atoms with Crippen molar-refractivity contribution in [2.24, 2.45) is 0 Å². The molecule has 4 atom stereocenters. The molecule has 0 aromatic heterocycles. The molecule has 0 saturated carbocycles. The minimum Gasteiger partial charge on any atom is -0.485 e. The summed E-state index contributed by atoms with van der Waals surface area (Å²) >= 11 is 0. The molecule has 0 radical (unpaired) electrons. The highest BCUT2D eigenvalue weighted by atomic mass is 31.1. The summed E-state index contributed by atoms with van der Waals surface area (Å²) in [5.41, 5.74) is 2.71. The summed E-state index contributed by atoms with van der Waals surface area (Å²) in [6.45, 7) is 18.6. The molecule has 4 rings (SSSR count). The molecule has 0 N–H and O–H groups in total. The predicted octanol–water partition coefficient (Wildman–Crippen LogP) is 6.64. The molecule has 2 aliphatic rings. The minimum atomic E-state index is -0.424. The van der Waals surface area contributed by atoms with Gasteiger partial charge in [-0.3, -0.25) is 0 Å². The molecule has 28 heavy (non-hydrogen) atoms. The van der Waals surface area contributed by atoms with Gasteiger partial charge in [-0.1, -0.05) is 65.8 Å². The van der Waals surface area contributed by atoms with Gasteiger partial charge in [0.25, 0.3) is 0 Å². The van der Waals surface area contributed by atoms with Gasteiger partial charge in [0.05, 0.1) is 0 Å². The fourth-order valence-electron chi connectivity index (χ4n) is 4.76. The lowest BCUT2D eigenvalue weighted by Crippen LogP contribution is -2.25. The zero-order valence-electron chi connectivity index (χ0n) is 18.3. The van der Waals surface area contributed by atoms with Gasteiger partial charge in [-0.2, -0.15) is 0 Å². The summed E-state index contributed by atoms with van der Waals surface area (Å²) in [7, 11) is -0.847. The van der Waals surface area contributed by atoms with Crippen LogP contribution in [-0.2, 0) is 0 Å². The number of fused-ring (bicyclic) bond motifs is 2. The molecule has 0 saturated heterocycles. The maximum atomic E-state index is 6.35. The van der Waals surface area contributed by atoms with E-state index >= 15 is 0 Å². The Balaban J connectivity index is 1.96. The summed E-state index contributed by atoms with van der Waals surface area (Å²) in [6, 6.07) is 13.2. The van der Waals surface area contributed by atoms with Gasteiger partial charge in [-0.15, -0.1) is 0 Å². The lowest BCUT2D eigenvalue weighted by atomic mass is 10.0. The number of benzene rings is 2. The molecule has 2 aromatic carbocycles. The van der Waals surface area contributed by atoms with Crippen LogP contribution in [0.1, 0.15) is 55.4 Å². The van der Waals surface area contributed by atoms with Gasteiger partial charge >= 0.3 is 0 Å². The number of hydrogen-bond acceptors (Lipinski definition) is 2. The largest absolute Gasteiger partial charge is 0.485 e. The third kappa shape index (κ3) is 3.18. The molecule has 0 amide bonds. The van der Waals surface area contributed by atoms with E-state index in [9.17, 15) is 0 Å². The SMILES string of the molecule is C[C@H]1Oc2cccc(-c3cccc4c3P(C(C)(C)C)[C@@H](C)O4)c2P1C(C)(C)C. The topological polar surface area (TPSA) is 18.5 Å². The molecule has 150 valence electrons. The fourth-order valence-corrected chi connectivity index (χ4v) is 11.1. The third-order valence-electron chi connectivity index (χ3n) is 5.54. The number of hydrogen-bond donors (Lipinski definition) is 0. The minimum absolute atomic E-state index is 0.201. The van der Waals surface area contributed by atoms with E-state index in [4.69, 9.17) is 9.47 Å². The highest BCUT2D eigenvalue weighted by molar-refractivity contribution is 7.69. The number of ether oxygens (including phenoxy) is 2. The molecule has 4 heteroatoms. The molecule has 0 bridgehead atoms. The van der Waals surface area contributed by atoms with Crippen LogP contribution in [-0.4, -0.2) is 22.0 Å². The van der Waals surface area contributed by atoms with Crippen LogP contribution >= 0.6 is 15.8 Å². The molecule has 2 heterocycles. The van der Waals surface area contributed by atoms with E-state index < -0.39 is 15.8 Å². The highest BCUT2D eigenvalue weighted by Gasteiger charge is 2.44. The summed E-state index contributed by atoms with van der Waals surface area (Å²) in [6.07, 6.45) is 0. The van der Waals surface area contributed by atoms with Gasteiger partial charge < -0.3 is 9.47 Å². The van der Waals surface area contributed by atoms with Crippen molar-refractivity contribution in [2.75, 3.05) is 0 Å². The van der Waals surface area contributed by atoms with Crippen molar-refractivity contribution >= 4 is 26.5 Å². The van der Waals surface area contributed by atoms with Gasteiger partial charge in [-0.05, 0) is 63.3 Å². The lowest BCUT2D eigenvalue weighted by molar-refractivity contribution is 0.312. The van der Waals surface area contributed by atoms with E-state index in [1.165, 1.54) is 21.7 Å². The van der Waals surface area contributed by atoms with Crippen molar-refractivity contribution in [1.82, 2.24) is 0 Å². The average molecular weight is 414 g/mol. The second kappa shape index (κ2) is 6.72. The molecular weight excluding hydrogens is 382 g/mol. The maximum absolute atomic E-state index is 6.35. The van der Waals surface area contributed by atoms with Crippen LogP contribution in [0.4, 0.5) is 0 Å². The van der Waals surface area contributed by atoms with Gasteiger partial charge in [0, 0.05) is 10.6 Å².